The van der Waals surface area contributed by atoms with Gasteiger partial charge in [-0.2, -0.15) is 0 Å². The van der Waals surface area contributed by atoms with Gasteiger partial charge in [-0.25, -0.2) is 0 Å². The number of nitrogens with two attached hydrogens (primary N) is 1. The molecule has 1 aromatic rings. The second-order valence-corrected chi connectivity index (χ2v) is 5.32. The number of para-hydroxylation sites is 1. The predicted octanol–water partition coefficient (Wildman–Crippen LogP) is 1.56. The lowest BCUT2D eigenvalue weighted by Gasteiger charge is -2.26. The van der Waals surface area contributed by atoms with Crippen LogP contribution in [0.25, 0.3) is 0 Å². The summed E-state index contributed by atoms with van der Waals surface area (Å²) in [5.41, 5.74) is 6.69. The van der Waals surface area contributed by atoms with E-state index in [1.165, 1.54) is 7.11 Å². The lowest BCUT2D eigenvalue weighted by Crippen LogP contribution is -2.33. The number of carbonyl (C=O) groups is 1. The van der Waals surface area contributed by atoms with Crippen LogP contribution in [0.5, 0.6) is 5.75 Å². The van der Waals surface area contributed by atoms with Crippen LogP contribution in [-0.4, -0.2) is 30.8 Å². The maximum absolute atomic E-state index is 12.1. The van der Waals surface area contributed by atoms with Crippen LogP contribution in [0.2, 0.25) is 0 Å². The quantitative estimate of drug-likeness (QED) is 0.730. The van der Waals surface area contributed by atoms with Gasteiger partial charge in [0.1, 0.15) is 5.75 Å². The van der Waals surface area contributed by atoms with Crippen molar-refractivity contribution < 1.29 is 14.6 Å². The van der Waals surface area contributed by atoms with Gasteiger partial charge in [0.25, 0.3) is 5.91 Å². The molecule has 5 nitrogen and oxygen atoms in total. The third kappa shape index (κ3) is 3.42. The van der Waals surface area contributed by atoms with Gasteiger partial charge in [0.15, 0.2) is 0 Å². The van der Waals surface area contributed by atoms with Gasteiger partial charge in [0, 0.05) is 6.54 Å². The summed E-state index contributed by atoms with van der Waals surface area (Å²) in [5, 5.41) is 12.5. The molecule has 0 heterocycles. The number of hydrogen-bond donors (Lipinski definition) is 3. The summed E-state index contributed by atoms with van der Waals surface area (Å²) in [6.07, 6.45) is 3.46. The number of aliphatic hydroxyl groups excluding tert-OH is 1. The largest absolute Gasteiger partial charge is 0.495 e. The molecule has 20 heavy (non-hydrogen) atoms. The number of aliphatic hydroxyl groups is 1. The van der Waals surface area contributed by atoms with Crippen molar-refractivity contribution in [1.29, 1.82) is 0 Å². The summed E-state index contributed by atoms with van der Waals surface area (Å²) in [6.45, 7) is 0.576. The highest BCUT2D eigenvalue weighted by Crippen LogP contribution is 2.26. The summed E-state index contributed by atoms with van der Waals surface area (Å²) in [5.74, 6) is 0.654. The maximum Gasteiger partial charge on any atom is 0.253 e. The molecule has 110 valence electrons. The summed E-state index contributed by atoms with van der Waals surface area (Å²) >= 11 is 0. The molecule has 0 bridgehead atoms. The zero-order chi connectivity index (χ0) is 14.5. The Morgan fingerprint density at radius 3 is 3.00 bits per heavy atom. The Kier molecular flexibility index (Phi) is 4.84. The van der Waals surface area contributed by atoms with Crippen LogP contribution in [-0.2, 0) is 0 Å². The molecule has 1 aromatic carbocycles. The SMILES string of the molecule is COc1cccc(C(=O)NCC2CCCC(O)C2)c1N. The number of rotatable bonds is 4. The molecule has 1 fully saturated rings. The van der Waals surface area contributed by atoms with Crippen molar-refractivity contribution >= 4 is 11.6 Å². The van der Waals surface area contributed by atoms with E-state index in [1.54, 1.807) is 18.2 Å². The smallest absolute Gasteiger partial charge is 0.253 e. The number of nitrogens with one attached hydrogen (secondary N) is 1. The molecular formula is C15H22N2O3. The second-order valence-electron chi connectivity index (χ2n) is 5.32. The normalized spacial score (nSPS) is 22.3. The Balaban J connectivity index is 1.95. The zero-order valence-corrected chi connectivity index (χ0v) is 11.8. The van der Waals surface area contributed by atoms with E-state index >= 15 is 0 Å². The van der Waals surface area contributed by atoms with Gasteiger partial charge >= 0.3 is 0 Å². The van der Waals surface area contributed by atoms with Gasteiger partial charge in [-0.15, -0.1) is 0 Å². The lowest BCUT2D eigenvalue weighted by molar-refractivity contribution is 0.0874. The Morgan fingerprint density at radius 2 is 2.30 bits per heavy atom. The van der Waals surface area contributed by atoms with E-state index in [9.17, 15) is 9.90 Å². The molecule has 2 rings (SSSR count). The van der Waals surface area contributed by atoms with Crippen LogP contribution < -0.4 is 15.8 Å². The minimum Gasteiger partial charge on any atom is -0.495 e. The first-order valence-corrected chi connectivity index (χ1v) is 7.00. The third-order valence-corrected chi connectivity index (χ3v) is 3.84. The van der Waals surface area contributed by atoms with Gasteiger partial charge in [0.2, 0.25) is 0 Å². The Bertz CT molecular complexity index is 476. The third-order valence-electron chi connectivity index (χ3n) is 3.84. The zero-order valence-electron chi connectivity index (χ0n) is 11.8. The summed E-state index contributed by atoms with van der Waals surface area (Å²) in [6, 6.07) is 5.15. The van der Waals surface area contributed by atoms with Crippen LogP contribution in [0.4, 0.5) is 5.69 Å². The number of nitrogen functional groups attached to an aromatic ring is 1. The minimum atomic E-state index is -0.229. The molecular weight excluding hydrogens is 256 g/mol. The molecule has 1 amide bonds. The van der Waals surface area contributed by atoms with Gasteiger partial charge in [-0.3, -0.25) is 4.79 Å². The summed E-state index contributed by atoms with van der Waals surface area (Å²) in [7, 11) is 1.52. The van der Waals surface area contributed by atoms with E-state index in [2.05, 4.69) is 5.32 Å². The molecule has 0 spiro atoms. The fraction of sp³-hybridized carbons (Fsp3) is 0.533. The number of hydrogen-bond acceptors (Lipinski definition) is 4. The van der Waals surface area contributed by atoms with Crippen LogP contribution in [0.1, 0.15) is 36.0 Å². The van der Waals surface area contributed by atoms with Crippen molar-refractivity contribution in [2.75, 3.05) is 19.4 Å². The van der Waals surface area contributed by atoms with Crippen molar-refractivity contribution in [1.82, 2.24) is 5.32 Å². The number of amides is 1. The van der Waals surface area contributed by atoms with Gasteiger partial charge in [0.05, 0.1) is 24.5 Å². The lowest BCUT2D eigenvalue weighted by atomic mass is 9.87. The second kappa shape index (κ2) is 6.61. The van der Waals surface area contributed by atoms with Crippen molar-refractivity contribution in [2.45, 2.75) is 31.8 Å². The molecule has 2 unspecified atom stereocenters. The Hall–Kier alpha value is -1.75. The van der Waals surface area contributed by atoms with Crippen molar-refractivity contribution in [3.63, 3.8) is 0 Å². The first kappa shape index (κ1) is 14.7. The Labute approximate surface area is 119 Å². The van der Waals surface area contributed by atoms with Gasteiger partial charge < -0.3 is 20.9 Å². The molecule has 0 aliphatic heterocycles. The fourth-order valence-electron chi connectivity index (χ4n) is 2.70. The van der Waals surface area contributed by atoms with E-state index in [0.29, 0.717) is 29.5 Å². The molecule has 5 heteroatoms. The first-order chi connectivity index (χ1) is 9.61. The van der Waals surface area contributed by atoms with Crippen LogP contribution in [0.3, 0.4) is 0 Å². The fourth-order valence-corrected chi connectivity index (χ4v) is 2.70. The number of methoxy groups -OCH3 is 1. The summed E-state index contributed by atoms with van der Waals surface area (Å²) < 4.78 is 5.11. The van der Waals surface area contributed by atoms with Crippen LogP contribution >= 0.6 is 0 Å². The van der Waals surface area contributed by atoms with E-state index in [-0.39, 0.29) is 12.0 Å². The van der Waals surface area contributed by atoms with Crippen molar-refractivity contribution in [3.8, 4) is 5.75 Å². The topological polar surface area (TPSA) is 84.6 Å². The van der Waals surface area contributed by atoms with Crippen LogP contribution in [0, 0.1) is 5.92 Å². The van der Waals surface area contributed by atoms with Crippen molar-refractivity contribution in [3.05, 3.63) is 23.8 Å². The van der Waals surface area contributed by atoms with Crippen molar-refractivity contribution in [2.24, 2.45) is 5.92 Å². The molecule has 0 radical (unpaired) electrons. The summed E-state index contributed by atoms with van der Waals surface area (Å²) in [4.78, 5) is 12.1. The highest BCUT2D eigenvalue weighted by Gasteiger charge is 2.21. The monoisotopic (exact) mass is 278 g/mol. The van der Waals surface area contributed by atoms with E-state index in [1.807, 2.05) is 0 Å². The predicted molar refractivity (Wildman–Crippen MR) is 77.7 cm³/mol. The molecule has 0 aromatic heterocycles. The number of benzene rings is 1. The van der Waals surface area contributed by atoms with Crippen LogP contribution in [0.15, 0.2) is 18.2 Å². The van der Waals surface area contributed by atoms with Gasteiger partial charge in [-0.05, 0) is 37.3 Å². The molecule has 2 atom stereocenters. The standard InChI is InChI=1S/C15H22N2O3/c1-20-13-7-3-6-12(14(13)16)15(19)17-9-10-4-2-5-11(18)8-10/h3,6-7,10-11,18H,2,4-5,8-9,16H2,1H3,(H,17,19). The Morgan fingerprint density at radius 1 is 1.50 bits per heavy atom. The minimum absolute atomic E-state index is 0.193. The average molecular weight is 278 g/mol. The number of anilines is 1. The van der Waals surface area contributed by atoms with E-state index in [0.717, 1.165) is 25.7 Å². The van der Waals surface area contributed by atoms with E-state index in [4.69, 9.17) is 10.5 Å². The first-order valence-electron chi connectivity index (χ1n) is 7.00. The molecule has 1 saturated carbocycles. The average Bonchev–Trinajstić information content (AvgIpc) is 2.45. The number of carbonyl (C=O) groups excluding carboxylic acids is 1. The molecule has 0 saturated heterocycles. The maximum atomic E-state index is 12.1. The highest BCUT2D eigenvalue weighted by atomic mass is 16.5. The molecule has 1 aliphatic carbocycles. The number of ether oxygens (including phenoxy) is 1. The highest BCUT2D eigenvalue weighted by molar-refractivity contribution is 6.00. The van der Waals surface area contributed by atoms with E-state index < -0.39 is 0 Å². The molecule has 4 N–H and O–H groups in total. The van der Waals surface area contributed by atoms with Gasteiger partial charge in [-0.1, -0.05) is 12.5 Å². The molecule has 1 aliphatic rings.